The van der Waals surface area contributed by atoms with Crippen LogP contribution in [0.1, 0.15) is 33.6 Å². The van der Waals surface area contributed by atoms with Crippen LogP contribution in [0.5, 0.6) is 0 Å². The average molecular weight is 214 g/mol. The fourth-order valence-electron chi connectivity index (χ4n) is 1.74. The lowest BCUT2D eigenvalue weighted by atomic mass is 10.0. The molecule has 1 heterocycles. The third-order valence-electron chi connectivity index (χ3n) is 3.29. The number of hydrogen-bond acceptors (Lipinski definition) is 3. The minimum atomic E-state index is -0.375. The molecule has 4 nitrogen and oxygen atoms in total. The summed E-state index contributed by atoms with van der Waals surface area (Å²) in [7, 11) is 0. The number of β-amino-alcohol motifs (C(OH)–C–C–N with tert-alkyl or cyclic N) is 1. The lowest BCUT2D eigenvalue weighted by Gasteiger charge is -2.21. The Labute approximate surface area is 91.4 Å². The Morgan fingerprint density at radius 3 is 2.73 bits per heavy atom. The average Bonchev–Trinajstić information content (AvgIpc) is 2.63. The Morgan fingerprint density at radius 1 is 1.60 bits per heavy atom. The minimum Gasteiger partial charge on any atom is -0.392 e. The van der Waals surface area contributed by atoms with E-state index < -0.39 is 0 Å². The zero-order chi connectivity index (χ0) is 11.4. The van der Waals surface area contributed by atoms with Gasteiger partial charge >= 0.3 is 0 Å². The van der Waals surface area contributed by atoms with E-state index in [2.05, 4.69) is 24.5 Å². The third kappa shape index (κ3) is 3.47. The molecule has 0 aromatic rings. The molecule has 0 aromatic heterocycles. The Morgan fingerprint density at radius 2 is 2.27 bits per heavy atom. The summed E-state index contributed by atoms with van der Waals surface area (Å²) in [6.45, 7) is 6.79. The molecule has 4 unspecified atom stereocenters. The largest absolute Gasteiger partial charge is 0.392 e. The standard InChI is InChI=1S/C11H22N2O2/c1-4-7(2)8(3)13-11(15)10-5-9(14)6-12-10/h7-10,12,14H,4-6H2,1-3H3,(H,13,15). The van der Waals surface area contributed by atoms with Crippen LogP contribution in [-0.4, -0.2) is 35.7 Å². The van der Waals surface area contributed by atoms with Crippen molar-refractivity contribution in [2.75, 3.05) is 6.54 Å². The summed E-state index contributed by atoms with van der Waals surface area (Å²) in [6.07, 6.45) is 1.21. The first-order chi connectivity index (χ1) is 7.04. The summed E-state index contributed by atoms with van der Waals surface area (Å²) >= 11 is 0. The van der Waals surface area contributed by atoms with E-state index in [1.165, 1.54) is 0 Å². The molecule has 1 aliphatic heterocycles. The molecule has 0 aromatic carbocycles. The number of aliphatic hydroxyl groups is 1. The highest BCUT2D eigenvalue weighted by molar-refractivity contribution is 5.82. The summed E-state index contributed by atoms with van der Waals surface area (Å²) < 4.78 is 0. The van der Waals surface area contributed by atoms with Crippen LogP contribution in [0.4, 0.5) is 0 Å². The van der Waals surface area contributed by atoms with Crippen molar-refractivity contribution in [3.05, 3.63) is 0 Å². The zero-order valence-electron chi connectivity index (χ0n) is 9.79. The number of amides is 1. The molecule has 4 atom stereocenters. The van der Waals surface area contributed by atoms with Crippen molar-refractivity contribution in [3.63, 3.8) is 0 Å². The van der Waals surface area contributed by atoms with Crippen LogP contribution in [0.2, 0.25) is 0 Å². The fraction of sp³-hybridized carbons (Fsp3) is 0.909. The van der Waals surface area contributed by atoms with Gasteiger partial charge in [0.2, 0.25) is 5.91 Å². The molecule has 0 spiro atoms. The van der Waals surface area contributed by atoms with E-state index in [-0.39, 0.29) is 24.1 Å². The molecule has 0 radical (unpaired) electrons. The summed E-state index contributed by atoms with van der Waals surface area (Å²) in [5, 5.41) is 15.3. The first kappa shape index (κ1) is 12.5. The van der Waals surface area contributed by atoms with Crippen LogP contribution >= 0.6 is 0 Å². The Hall–Kier alpha value is -0.610. The number of nitrogens with one attached hydrogen (secondary N) is 2. The van der Waals surface area contributed by atoms with Gasteiger partial charge in [0.15, 0.2) is 0 Å². The molecule has 0 saturated carbocycles. The quantitative estimate of drug-likeness (QED) is 0.629. The normalized spacial score (nSPS) is 29.9. The minimum absolute atomic E-state index is 0.0133. The van der Waals surface area contributed by atoms with Gasteiger partial charge in [-0.2, -0.15) is 0 Å². The van der Waals surface area contributed by atoms with Crippen molar-refractivity contribution >= 4 is 5.91 Å². The molecule has 0 aliphatic carbocycles. The van der Waals surface area contributed by atoms with E-state index >= 15 is 0 Å². The molecule has 15 heavy (non-hydrogen) atoms. The second kappa shape index (κ2) is 5.47. The Kier molecular flexibility index (Phi) is 4.54. The molecule has 1 saturated heterocycles. The molecule has 1 amide bonds. The number of hydrogen-bond donors (Lipinski definition) is 3. The van der Waals surface area contributed by atoms with E-state index in [0.717, 1.165) is 6.42 Å². The molecular formula is C11H22N2O2. The number of rotatable bonds is 4. The molecule has 4 heteroatoms. The van der Waals surface area contributed by atoms with Gasteiger partial charge in [-0.25, -0.2) is 0 Å². The van der Waals surface area contributed by atoms with Gasteiger partial charge in [0.25, 0.3) is 0 Å². The second-order valence-corrected chi connectivity index (χ2v) is 4.53. The van der Waals surface area contributed by atoms with Crippen LogP contribution < -0.4 is 10.6 Å². The van der Waals surface area contributed by atoms with E-state index in [4.69, 9.17) is 0 Å². The summed E-state index contributed by atoms with van der Waals surface area (Å²) in [6, 6.07) is -0.0199. The highest BCUT2D eigenvalue weighted by atomic mass is 16.3. The summed E-state index contributed by atoms with van der Waals surface area (Å²) in [5.41, 5.74) is 0. The van der Waals surface area contributed by atoms with E-state index in [1.807, 2.05) is 6.92 Å². The number of carbonyl (C=O) groups is 1. The molecule has 1 fully saturated rings. The maximum atomic E-state index is 11.7. The predicted octanol–water partition coefficient (Wildman–Crippen LogP) is 0.260. The molecule has 1 aliphatic rings. The number of carbonyl (C=O) groups excluding carboxylic acids is 1. The summed E-state index contributed by atoms with van der Waals surface area (Å²) in [5.74, 6) is 0.500. The number of aliphatic hydroxyl groups excluding tert-OH is 1. The van der Waals surface area contributed by atoms with Crippen LogP contribution in [0.25, 0.3) is 0 Å². The van der Waals surface area contributed by atoms with Gasteiger partial charge in [0, 0.05) is 12.6 Å². The molecule has 3 N–H and O–H groups in total. The third-order valence-corrected chi connectivity index (χ3v) is 3.29. The lowest BCUT2D eigenvalue weighted by Crippen LogP contribution is -2.46. The van der Waals surface area contributed by atoms with Crippen LogP contribution in [0.3, 0.4) is 0 Å². The predicted molar refractivity (Wildman–Crippen MR) is 59.5 cm³/mol. The zero-order valence-corrected chi connectivity index (χ0v) is 9.79. The van der Waals surface area contributed by atoms with Crippen LogP contribution in [0.15, 0.2) is 0 Å². The maximum Gasteiger partial charge on any atom is 0.237 e. The monoisotopic (exact) mass is 214 g/mol. The van der Waals surface area contributed by atoms with Gasteiger partial charge in [-0.15, -0.1) is 0 Å². The van der Waals surface area contributed by atoms with E-state index in [0.29, 0.717) is 18.9 Å². The van der Waals surface area contributed by atoms with Crippen molar-refractivity contribution in [2.45, 2.75) is 51.8 Å². The van der Waals surface area contributed by atoms with Gasteiger partial charge in [0.05, 0.1) is 12.1 Å². The van der Waals surface area contributed by atoms with E-state index in [1.54, 1.807) is 0 Å². The van der Waals surface area contributed by atoms with Gasteiger partial charge in [-0.05, 0) is 19.3 Å². The van der Waals surface area contributed by atoms with Crippen molar-refractivity contribution in [2.24, 2.45) is 5.92 Å². The van der Waals surface area contributed by atoms with Gasteiger partial charge < -0.3 is 15.7 Å². The van der Waals surface area contributed by atoms with Crippen LogP contribution in [0, 0.1) is 5.92 Å². The highest BCUT2D eigenvalue weighted by Crippen LogP contribution is 2.10. The topological polar surface area (TPSA) is 61.4 Å². The van der Waals surface area contributed by atoms with Gasteiger partial charge in [-0.1, -0.05) is 20.3 Å². The van der Waals surface area contributed by atoms with Crippen molar-refractivity contribution < 1.29 is 9.90 Å². The maximum absolute atomic E-state index is 11.7. The second-order valence-electron chi connectivity index (χ2n) is 4.53. The Bertz CT molecular complexity index is 221. The molecular weight excluding hydrogens is 192 g/mol. The smallest absolute Gasteiger partial charge is 0.237 e. The first-order valence-corrected chi connectivity index (χ1v) is 5.76. The highest BCUT2D eigenvalue weighted by Gasteiger charge is 2.29. The van der Waals surface area contributed by atoms with Crippen molar-refractivity contribution in [1.82, 2.24) is 10.6 Å². The SMILES string of the molecule is CCC(C)C(C)NC(=O)C1CC(O)CN1. The van der Waals surface area contributed by atoms with Gasteiger partial charge in [0.1, 0.15) is 0 Å². The lowest BCUT2D eigenvalue weighted by molar-refractivity contribution is -0.123. The van der Waals surface area contributed by atoms with Crippen LogP contribution in [-0.2, 0) is 4.79 Å². The van der Waals surface area contributed by atoms with Crippen molar-refractivity contribution in [1.29, 1.82) is 0 Å². The summed E-state index contributed by atoms with van der Waals surface area (Å²) in [4.78, 5) is 11.7. The fourth-order valence-corrected chi connectivity index (χ4v) is 1.74. The molecule has 1 rings (SSSR count). The Balaban J connectivity index is 2.35. The van der Waals surface area contributed by atoms with E-state index in [9.17, 15) is 9.90 Å². The molecule has 0 bridgehead atoms. The van der Waals surface area contributed by atoms with Gasteiger partial charge in [-0.3, -0.25) is 4.79 Å². The van der Waals surface area contributed by atoms with Crippen molar-refractivity contribution in [3.8, 4) is 0 Å². The first-order valence-electron chi connectivity index (χ1n) is 5.76. The molecule has 88 valence electrons.